The lowest BCUT2D eigenvalue weighted by Crippen LogP contribution is -2.01. The van der Waals surface area contributed by atoms with Crippen LogP contribution in [0.1, 0.15) is 0 Å². The number of hydrogen-bond acceptors (Lipinski definition) is 4. The third-order valence-electron chi connectivity index (χ3n) is 2.46. The third kappa shape index (κ3) is 3.41. The average Bonchev–Trinajstić information content (AvgIpc) is 2.41. The molecule has 0 aliphatic rings. The van der Waals surface area contributed by atoms with Gasteiger partial charge in [-0.1, -0.05) is 12.1 Å². The van der Waals surface area contributed by atoms with Crippen molar-refractivity contribution in [3.05, 3.63) is 58.6 Å². The number of ether oxygens (including phenoxy) is 1. The summed E-state index contributed by atoms with van der Waals surface area (Å²) in [4.78, 5) is 10.3. The molecule has 0 spiro atoms. The maximum atomic E-state index is 12.0. The molecule has 0 bridgehead atoms. The Labute approximate surface area is 113 Å². The van der Waals surface area contributed by atoms with Gasteiger partial charge in [0.25, 0.3) is 5.69 Å². The van der Waals surface area contributed by atoms with Gasteiger partial charge < -0.3 is 10.1 Å². The highest BCUT2D eigenvalue weighted by atomic mass is 19.3. The monoisotopic (exact) mass is 280 g/mol. The van der Waals surface area contributed by atoms with Crippen molar-refractivity contribution in [1.29, 1.82) is 0 Å². The second-order valence-electron chi connectivity index (χ2n) is 3.80. The fourth-order valence-corrected chi connectivity index (χ4v) is 1.61. The van der Waals surface area contributed by atoms with Gasteiger partial charge in [0.15, 0.2) is 0 Å². The summed E-state index contributed by atoms with van der Waals surface area (Å²) >= 11 is 0. The van der Waals surface area contributed by atoms with Crippen LogP contribution in [-0.2, 0) is 0 Å². The van der Waals surface area contributed by atoms with Crippen molar-refractivity contribution < 1.29 is 18.4 Å². The molecule has 0 fully saturated rings. The van der Waals surface area contributed by atoms with Crippen molar-refractivity contribution in [2.45, 2.75) is 6.61 Å². The molecule has 2 aromatic rings. The van der Waals surface area contributed by atoms with E-state index in [1.165, 1.54) is 30.3 Å². The van der Waals surface area contributed by atoms with E-state index in [0.29, 0.717) is 11.4 Å². The van der Waals surface area contributed by atoms with Crippen LogP contribution < -0.4 is 10.1 Å². The number of rotatable bonds is 5. The molecule has 0 aliphatic heterocycles. The number of para-hydroxylation sites is 2. The van der Waals surface area contributed by atoms with Crippen LogP contribution in [0.5, 0.6) is 5.75 Å². The molecule has 2 rings (SSSR count). The Balaban J connectivity index is 2.16. The minimum Gasteiger partial charge on any atom is -0.435 e. The van der Waals surface area contributed by atoms with Gasteiger partial charge in [-0.15, -0.1) is 0 Å². The Kier molecular flexibility index (Phi) is 4.09. The van der Waals surface area contributed by atoms with E-state index >= 15 is 0 Å². The van der Waals surface area contributed by atoms with Crippen LogP contribution >= 0.6 is 0 Å². The van der Waals surface area contributed by atoms with E-state index in [1.54, 1.807) is 18.2 Å². The maximum Gasteiger partial charge on any atom is 0.387 e. The Hall–Kier alpha value is -2.70. The summed E-state index contributed by atoms with van der Waals surface area (Å²) in [6, 6.07) is 11.8. The fraction of sp³-hybridized carbons (Fsp3) is 0.0769. The van der Waals surface area contributed by atoms with Crippen LogP contribution in [-0.4, -0.2) is 11.5 Å². The Morgan fingerprint density at radius 2 is 1.75 bits per heavy atom. The minimum atomic E-state index is -2.89. The predicted molar refractivity (Wildman–Crippen MR) is 69.5 cm³/mol. The van der Waals surface area contributed by atoms with Crippen molar-refractivity contribution >= 4 is 17.1 Å². The molecule has 0 heterocycles. The summed E-state index contributed by atoms with van der Waals surface area (Å²) in [5.74, 6) is 0.0214. The van der Waals surface area contributed by atoms with E-state index in [-0.39, 0.29) is 11.4 Å². The quantitative estimate of drug-likeness (QED) is 0.665. The molecule has 1 N–H and O–H groups in total. The van der Waals surface area contributed by atoms with Gasteiger partial charge in [0.2, 0.25) is 0 Å². The summed E-state index contributed by atoms with van der Waals surface area (Å²) in [6.07, 6.45) is 0. The van der Waals surface area contributed by atoms with Crippen molar-refractivity contribution in [3.63, 3.8) is 0 Å². The van der Waals surface area contributed by atoms with Crippen molar-refractivity contribution in [2.75, 3.05) is 5.32 Å². The standard InChI is InChI=1S/C13H10F2N2O3/c14-13(15)20-10-7-5-9(6-8-10)16-11-3-1-2-4-12(11)17(18)19/h1-8,13,16H. The highest BCUT2D eigenvalue weighted by Gasteiger charge is 2.12. The SMILES string of the molecule is O=[N+]([O-])c1ccccc1Nc1ccc(OC(F)F)cc1. The number of nitro groups is 1. The first-order valence-corrected chi connectivity index (χ1v) is 5.61. The highest BCUT2D eigenvalue weighted by molar-refractivity contribution is 5.69. The predicted octanol–water partition coefficient (Wildman–Crippen LogP) is 3.94. The van der Waals surface area contributed by atoms with Crippen LogP contribution in [0.2, 0.25) is 0 Å². The summed E-state index contributed by atoms with van der Waals surface area (Å²) in [5, 5.41) is 13.7. The van der Waals surface area contributed by atoms with E-state index in [4.69, 9.17) is 0 Å². The number of benzene rings is 2. The van der Waals surface area contributed by atoms with Gasteiger partial charge in [0, 0.05) is 11.8 Å². The summed E-state index contributed by atoms with van der Waals surface area (Å²) in [6.45, 7) is -2.89. The first kappa shape index (κ1) is 13.7. The molecule has 2 aromatic carbocycles. The third-order valence-corrected chi connectivity index (χ3v) is 2.46. The molecule has 0 atom stereocenters. The lowest BCUT2D eigenvalue weighted by Gasteiger charge is -2.08. The van der Waals surface area contributed by atoms with Gasteiger partial charge in [-0.3, -0.25) is 10.1 Å². The highest BCUT2D eigenvalue weighted by Crippen LogP contribution is 2.27. The minimum absolute atomic E-state index is 0.0214. The first-order valence-electron chi connectivity index (χ1n) is 5.61. The lowest BCUT2D eigenvalue weighted by molar-refractivity contribution is -0.383. The topological polar surface area (TPSA) is 64.4 Å². The molecule has 0 unspecified atom stereocenters. The Morgan fingerprint density at radius 3 is 2.35 bits per heavy atom. The fourth-order valence-electron chi connectivity index (χ4n) is 1.61. The van der Waals surface area contributed by atoms with E-state index in [2.05, 4.69) is 10.1 Å². The number of nitrogens with one attached hydrogen (secondary N) is 1. The van der Waals surface area contributed by atoms with Crippen molar-refractivity contribution in [1.82, 2.24) is 0 Å². The number of nitro benzene ring substituents is 1. The van der Waals surface area contributed by atoms with Gasteiger partial charge >= 0.3 is 6.61 Å². The van der Waals surface area contributed by atoms with E-state index in [0.717, 1.165) is 0 Å². The van der Waals surface area contributed by atoms with Gasteiger partial charge in [0.05, 0.1) is 4.92 Å². The van der Waals surface area contributed by atoms with Crippen LogP contribution in [0, 0.1) is 10.1 Å². The second kappa shape index (κ2) is 5.96. The molecular weight excluding hydrogens is 270 g/mol. The lowest BCUT2D eigenvalue weighted by atomic mass is 10.2. The normalized spacial score (nSPS) is 10.3. The number of hydrogen-bond donors (Lipinski definition) is 1. The zero-order chi connectivity index (χ0) is 14.5. The smallest absolute Gasteiger partial charge is 0.387 e. The van der Waals surface area contributed by atoms with E-state index in [1.807, 2.05) is 0 Å². The molecule has 0 aliphatic carbocycles. The van der Waals surface area contributed by atoms with E-state index in [9.17, 15) is 18.9 Å². The molecule has 0 saturated heterocycles. The molecule has 0 saturated carbocycles. The average molecular weight is 280 g/mol. The molecule has 5 nitrogen and oxygen atoms in total. The van der Waals surface area contributed by atoms with Gasteiger partial charge in [-0.2, -0.15) is 8.78 Å². The van der Waals surface area contributed by atoms with Gasteiger partial charge in [-0.25, -0.2) is 0 Å². The van der Waals surface area contributed by atoms with Crippen LogP contribution in [0.3, 0.4) is 0 Å². The van der Waals surface area contributed by atoms with Crippen molar-refractivity contribution in [2.24, 2.45) is 0 Å². The summed E-state index contributed by atoms with van der Waals surface area (Å²) in [5.41, 5.74) is 0.779. The molecular formula is C13H10F2N2O3. The van der Waals surface area contributed by atoms with Gasteiger partial charge in [0.1, 0.15) is 11.4 Å². The zero-order valence-corrected chi connectivity index (χ0v) is 10.1. The molecule has 7 heteroatoms. The number of halogens is 2. The zero-order valence-electron chi connectivity index (χ0n) is 10.1. The number of anilines is 2. The second-order valence-corrected chi connectivity index (χ2v) is 3.80. The molecule has 20 heavy (non-hydrogen) atoms. The van der Waals surface area contributed by atoms with Crippen LogP contribution in [0.4, 0.5) is 25.8 Å². The summed E-state index contributed by atoms with van der Waals surface area (Å²) in [7, 11) is 0. The Morgan fingerprint density at radius 1 is 1.10 bits per heavy atom. The molecule has 0 aromatic heterocycles. The largest absolute Gasteiger partial charge is 0.435 e. The van der Waals surface area contributed by atoms with Crippen molar-refractivity contribution in [3.8, 4) is 5.75 Å². The molecule has 104 valence electrons. The number of nitrogens with zero attached hydrogens (tertiary/aromatic N) is 1. The molecule has 0 radical (unpaired) electrons. The molecule has 0 amide bonds. The van der Waals surface area contributed by atoms with E-state index < -0.39 is 11.5 Å². The first-order chi connectivity index (χ1) is 9.56. The number of alkyl halides is 2. The maximum absolute atomic E-state index is 12.0. The van der Waals surface area contributed by atoms with Crippen LogP contribution in [0.25, 0.3) is 0 Å². The van der Waals surface area contributed by atoms with Crippen LogP contribution in [0.15, 0.2) is 48.5 Å². The summed E-state index contributed by atoms with van der Waals surface area (Å²) < 4.78 is 28.2. The van der Waals surface area contributed by atoms with Gasteiger partial charge in [-0.05, 0) is 30.3 Å². The Bertz CT molecular complexity index is 603.